The van der Waals surface area contributed by atoms with Gasteiger partial charge in [0.15, 0.2) is 0 Å². The van der Waals surface area contributed by atoms with E-state index in [0.717, 1.165) is 35.4 Å². The van der Waals surface area contributed by atoms with Crippen LogP contribution in [0.4, 0.5) is 0 Å². The van der Waals surface area contributed by atoms with E-state index in [0.29, 0.717) is 0 Å². The van der Waals surface area contributed by atoms with Crippen LogP contribution in [-0.2, 0) is 6.42 Å². The summed E-state index contributed by atoms with van der Waals surface area (Å²) in [4.78, 5) is 4.84. The van der Waals surface area contributed by atoms with E-state index >= 15 is 0 Å². The van der Waals surface area contributed by atoms with E-state index in [1.165, 1.54) is 5.57 Å². The first-order valence-corrected chi connectivity index (χ1v) is 8.08. The van der Waals surface area contributed by atoms with Crippen molar-refractivity contribution in [3.8, 4) is 5.69 Å². The molecule has 0 N–H and O–H groups in total. The summed E-state index contributed by atoms with van der Waals surface area (Å²) >= 11 is 0. The number of para-hydroxylation sites is 3. The van der Waals surface area contributed by atoms with E-state index in [2.05, 4.69) is 79.1 Å². The lowest BCUT2D eigenvalue weighted by atomic mass is 10.1. The van der Waals surface area contributed by atoms with Crippen LogP contribution in [-0.4, -0.2) is 9.55 Å². The molecule has 0 aliphatic heterocycles. The molecule has 1 aromatic heterocycles. The lowest BCUT2D eigenvalue weighted by Crippen LogP contribution is -2.00. The Kier molecular flexibility index (Phi) is 4.72. The summed E-state index contributed by atoms with van der Waals surface area (Å²) in [6.07, 6.45) is 8.40. The second-order valence-corrected chi connectivity index (χ2v) is 5.72. The maximum absolute atomic E-state index is 4.84. The van der Waals surface area contributed by atoms with Gasteiger partial charge in [0, 0.05) is 12.1 Å². The predicted octanol–water partition coefficient (Wildman–Crippen LogP) is 5.48. The summed E-state index contributed by atoms with van der Waals surface area (Å²) in [5.41, 5.74) is 4.74. The predicted molar refractivity (Wildman–Crippen MR) is 98.0 cm³/mol. The van der Waals surface area contributed by atoms with Gasteiger partial charge in [-0.05, 0) is 44.5 Å². The van der Waals surface area contributed by atoms with Crippen LogP contribution in [0.1, 0.15) is 26.1 Å². The molecule has 3 rings (SSSR count). The molecule has 116 valence electrons. The van der Waals surface area contributed by atoms with Crippen molar-refractivity contribution in [2.24, 2.45) is 0 Å². The summed E-state index contributed by atoms with van der Waals surface area (Å²) in [7, 11) is 0. The lowest BCUT2D eigenvalue weighted by molar-refractivity contribution is 0.941. The maximum atomic E-state index is 4.84. The number of fused-ring (bicyclic) bond motifs is 1. The largest absolute Gasteiger partial charge is 0.296 e. The number of aromatic nitrogens is 2. The summed E-state index contributed by atoms with van der Waals surface area (Å²) < 4.78 is 2.26. The zero-order chi connectivity index (χ0) is 16.1. The highest BCUT2D eigenvalue weighted by atomic mass is 15.1. The van der Waals surface area contributed by atoms with Gasteiger partial charge in [-0.3, -0.25) is 4.57 Å². The molecule has 0 amide bonds. The molecule has 2 aromatic carbocycles. The molecule has 0 radical (unpaired) electrons. The maximum Gasteiger partial charge on any atom is 0.118 e. The van der Waals surface area contributed by atoms with Crippen molar-refractivity contribution in [3.63, 3.8) is 0 Å². The number of benzene rings is 2. The zero-order valence-corrected chi connectivity index (χ0v) is 13.7. The standard InChI is InChI=1S/C21H22N2/c1-3-4-10-17(2)15-16-21-22-19-13-8-9-14-20(19)23(21)18-11-6-5-7-12-18/h3-9,11-15H,10,16H2,1-2H3/b4-3-,17-15-. The van der Waals surface area contributed by atoms with Crippen molar-refractivity contribution in [1.82, 2.24) is 9.55 Å². The van der Waals surface area contributed by atoms with Gasteiger partial charge in [0.2, 0.25) is 0 Å². The Morgan fingerprint density at radius 1 is 1.04 bits per heavy atom. The first-order valence-electron chi connectivity index (χ1n) is 8.08. The van der Waals surface area contributed by atoms with Crippen LogP contribution in [0.2, 0.25) is 0 Å². The van der Waals surface area contributed by atoms with Crippen molar-refractivity contribution >= 4 is 11.0 Å². The highest BCUT2D eigenvalue weighted by Crippen LogP contribution is 2.22. The fourth-order valence-corrected chi connectivity index (χ4v) is 2.73. The van der Waals surface area contributed by atoms with Gasteiger partial charge < -0.3 is 0 Å². The van der Waals surface area contributed by atoms with Gasteiger partial charge >= 0.3 is 0 Å². The number of hydrogen-bond donors (Lipinski definition) is 0. The SMILES string of the molecule is C/C=C\C/C(C)=C\Cc1nc2ccccc2n1-c1ccccc1. The monoisotopic (exact) mass is 302 g/mol. The van der Waals surface area contributed by atoms with Gasteiger partial charge in [-0.2, -0.15) is 0 Å². The van der Waals surface area contributed by atoms with Crippen LogP contribution in [0.5, 0.6) is 0 Å². The average molecular weight is 302 g/mol. The Bertz CT molecular complexity index is 839. The lowest BCUT2D eigenvalue weighted by Gasteiger charge is -2.08. The fourth-order valence-electron chi connectivity index (χ4n) is 2.73. The third kappa shape index (κ3) is 3.42. The summed E-state index contributed by atoms with van der Waals surface area (Å²) in [5, 5.41) is 0. The summed E-state index contributed by atoms with van der Waals surface area (Å²) in [5.74, 6) is 1.08. The molecule has 1 heterocycles. The van der Waals surface area contributed by atoms with Crippen molar-refractivity contribution < 1.29 is 0 Å². The normalized spacial score (nSPS) is 12.3. The van der Waals surface area contributed by atoms with Gasteiger partial charge in [-0.25, -0.2) is 4.98 Å². The van der Waals surface area contributed by atoms with Crippen LogP contribution in [0.15, 0.2) is 78.4 Å². The quantitative estimate of drug-likeness (QED) is 0.571. The smallest absolute Gasteiger partial charge is 0.118 e. The van der Waals surface area contributed by atoms with E-state index in [4.69, 9.17) is 4.98 Å². The minimum atomic E-state index is 0.840. The molecule has 0 atom stereocenters. The third-order valence-corrected chi connectivity index (χ3v) is 3.95. The topological polar surface area (TPSA) is 17.8 Å². The minimum absolute atomic E-state index is 0.840. The molecular weight excluding hydrogens is 280 g/mol. The Morgan fingerprint density at radius 2 is 1.78 bits per heavy atom. The molecule has 0 unspecified atom stereocenters. The van der Waals surface area contributed by atoms with Gasteiger partial charge in [0.05, 0.1) is 11.0 Å². The van der Waals surface area contributed by atoms with E-state index in [1.54, 1.807) is 0 Å². The molecule has 0 aliphatic carbocycles. The fraction of sp³-hybridized carbons (Fsp3) is 0.190. The van der Waals surface area contributed by atoms with Crippen molar-refractivity contribution in [1.29, 1.82) is 0 Å². The molecule has 0 saturated heterocycles. The van der Waals surface area contributed by atoms with Crippen molar-refractivity contribution in [2.45, 2.75) is 26.7 Å². The number of rotatable bonds is 5. The Morgan fingerprint density at radius 3 is 2.57 bits per heavy atom. The van der Waals surface area contributed by atoms with Crippen molar-refractivity contribution in [3.05, 3.63) is 84.2 Å². The Labute approximate surface area is 137 Å². The summed E-state index contributed by atoms with van der Waals surface area (Å²) in [6, 6.07) is 18.8. The molecular formula is C21H22N2. The molecule has 23 heavy (non-hydrogen) atoms. The van der Waals surface area contributed by atoms with Gasteiger partial charge in [-0.15, -0.1) is 0 Å². The first-order chi connectivity index (χ1) is 11.3. The van der Waals surface area contributed by atoms with E-state index in [1.807, 2.05) is 12.1 Å². The highest BCUT2D eigenvalue weighted by molar-refractivity contribution is 5.78. The molecule has 2 nitrogen and oxygen atoms in total. The minimum Gasteiger partial charge on any atom is -0.296 e. The van der Waals surface area contributed by atoms with E-state index in [9.17, 15) is 0 Å². The second kappa shape index (κ2) is 7.10. The molecule has 0 aliphatic rings. The molecule has 0 bridgehead atoms. The van der Waals surface area contributed by atoms with Crippen LogP contribution in [0, 0.1) is 0 Å². The second-order valence-electron chi connectivity index (χ2n) is 5.72. The molecule has 0 saturated carbocycles. The molecule has 3 aromatic rings. The van der Waals surface area contributed by atoms with Crippen LogP contribution >= 0.6 is 0 Å². The van der Waals surface area contributed by atoms with Crippen LogP contribution in [0.3, 0.4) is 0 Å². The molecule has 2 heteroatoms. The zero-order valence-electron chi connectivity index (χ0n) is 13.7. The third-order valence-electron chi connectivity index (χ3n) is 3.95. The van der Waals surface area contributed by atoms with Gasteiger partial charge in [0.1, 0.15) is 5.82 Å². The number of nitrogens with zero attached hydrogens (tertiary/aromatic N) is 2. The average Bonchev–Trinajstić information content (AvgIpc) is 2.97. The van der Waals surface area contributed by atoms with Crippen molar-refractivity contribution in [2.75, 3.05) is 0 Å². The molecule has 0 fully saturated rings. The van der Waals surface area contributed by atoms with Gasteiger partial charge in [0.25, 0.3) is 0 Å². The van der Waals surface area contributed by atoms with Crippen LogP contribution in [0.25, 0.3) is 16.7 Å². The Balaban J connectivity index is 2.03. The van der Waals surface area contributed by atoms with Crippen LogP contribution < -0.4 is 0 Å². The first kappa shape index (κ1) is 15.3. The van der Waals surface area contributed by atoms with E-state index < -0.39 is 0 Å². The number of allylic oxidation sites excluding steroid dienone is 4. The van der Waals surface area contributed by atoms with Gasteiger partial charge in [-0.1, -0.05) is 54.1 Å². The molecule has 0 spiro atoms. The number of imidazole rings is 1. The Hall–Kier alpha value is -2.61. The van der Waals surface area contributed by atoms with E-state index in [-0.39, 0.29) is 0 Å². The highest BCUT2D eigenvalue weighted by Gasteiger charge is 2.10. The summed E-state index contributed by atoms with van der Waals surface area (Å²) in [6.45, 7) is 4.23. The number of hydrogen-bond acceptors (Lipinski definition) is 1.